The average Bonchev–Trinajstić information content (AvgIpc) is 2.37. The molecule has 19 heavy (non-hydrogen) atoms. The van der Waals surface area contributed by atoms with E-state index in [4.69, 9.17) is 16.7 Å². The van der Waals surface area contributed by atoms with Crippen LogP contribution < -0.4 is 0 Å². The first kappa shape index (κ1) is 15.9. The van der Waals surface area contributed by atoms with E-state index in [0.717, 1.165) is 4.90 Å². The van der Waals surface area contributed by atoms with E-state index in [2.05, 4.69) is 0 Å². The van der Waals surface area contributed by atoms with Crippen LogP contribution in [-0.4, -0.2) is 40.7 Å². The molecule has 1 aromatic rings. The highest BCUT2D eigenvalue weighted by Gasteiger charge is 2.14. The van der Waals surface area contributed by atoms with Crippen molar-refractivity contribution in [2.24, 2.45) is 0 Å². The number of hydrogen-bond donors (Lipinski definition) is 1. The summed E-state index contributed by atoms with van der Waals surface area (Å²) >= 11 is 7.50. The van der Waals surface area contributed by atoms with Crippen LogP contribution in [0.2, 0.25) is 5.02 Å². The topological polar surface area (TPSA) is 57.6 Å². The van der Waals surface area contributed by atoms with Crippen molar-refractivity contribution in [1.82, 2.24) is 4.90 Å². The Bertz CT molecular complexity index is 453. The molecular weight excluding hydrogens is 286 g/mol. The minimum Gasteiger partial charge on any atom is -0.480 e. The lowest BCUT2D eigenvalue weighted by atomic mass is 10.4. The molecule has 0 aromatic heterocycles. The normalized spacial score (nSPS) is 10.2. The molecule has 4 nitrogen and oxygen atoms in total. The van der Waals surface area contributed by atoms with Crippen LogP contribution in [0.4, 0.5) is 0 Å². The maximum atomic E-state index is 11.8. The SMILES string of the molecule is CCN(CC(=O)O)C(=O)CCSc1ccccc1Cl. The number of likely N-dealkylation sites (N-methyl/N-ethyl adjacent to an activating group) is 1. The molecule has 0 aliphatic carbocycles. The summed E-state index contributed by atoms with van der Waals surface area (Å²) < 4.78 is 0. The second-order valence-electron chi connectivity index (χ2n) is 3.83. The Morgan fingerprint density at radius 3 is 2.63 bits per heavy atom. The lowest BCUT2D eigenvalue weighted by Gasteiger charge is -2.18. The number of benzene rings is 1. The zero-order valence-corrected chi connectivity index (χ0v) is 12.2. The van der Waals surface area contributed by atoms with Gasteiger partial charge >= 0.3 is 5.97 Å². The van der Waals surface area contributed by atoms with E-state index in [1.807, 2.05) is 18.2 Å². The smallest absolute Gasteiger partial charge is 0.323 e. The van der Waals surface area contributed by atoms with Gasteiger partial charge < -0.3 is 10.0 Å². The minimum atomic E-state index is -0.992. The number of aliphatic carboxylic acids is 1. The van der Waals surface area contributed by atoms with E-state index < -0.39 is 5.97 Å². The van der Waals surface area contributed by atoms with E-state index in [1.165, 1.54) is 16.7 Å². The molecule has 0 aliphatic rings. The van der Waals surface area contributed by atoms with Gasteiger partial charge in [0.2, 0.25) is 5.91 Å². The predicted octanol–water partition coefficient (Wildman–Crippen LogP) is 2.76. The number of carbonyl (C=O) groups is 2. The molecule has 1 amide bonds. The zero-order chi connectivity index (χ0) is 14.3. The summed E-state index contributed by atoms with van der Waals surface area (Å²) in [6, 6.07) is 7.43. The molecule has 0 saturated carbocycles. The van der Waals surface area contributed by atoms with Gasteiger partial charge in [-0.25, -0.2) is 0 Å². The van der Waals surface area contributed by atoms with Crippen molar-refractivity contribution in [3.05, 3.63) is 29.3 Å². The largest absolute Gasteiger partial charge is 0.480 e. The highest BCUT2D eigenvalue weighted by molar-refractivity contribution is 7.99. The number of thioether (sulfide) groups is 1. The standard InChI is InChI=1S/C13H16ClNO3S/c1-2-15(9-13(17)18)12(16)7-8-19-11-6-4-3-5-10(11)14/h3-6H,2,7-9H2,1H3,(H,17,18). The summed E-state index contributed by atoms with van der Waals surface area (Å²) in [6.07, 6.45) is 0.303. The second-order valence-corrected chi connectivity index (χ2v) is 5.37. The van der Waals surface area contributed by atoms with Crippen LogP contribution in [0.25, 0.3) is 0 Å². The van der Waals surface area contributed by atoms with E-state index >= 15 is 0 Å². The molecule has 1 aromatic carbocycles. The Morgan fingerprint density at radius 2 is 2.05 bits per heavy atom. The molecule has 0 bridgehead atoms. The molecule has 6 heteroatoms. The summed E-state index contributed by atoms with van der Waals surface area (Å²) in [5.41, 5.74) is 0. The number of amides is 1. The van der Waals surface area contributed by atoms with E-state index in [0.29, 0.717) is 23.7 Å². The number of halogens is 1. The van der Waals surface area contributed by atoms with Gasteiger partial charge in [-0.2, -0.15) is 0 Å². The van der Waals surface area contributed by atoms with Gasteiger partial charge in [0.05, 0.1) is 5.02 Å². The molecule has 0 saturated heterocycles. The van der Waals surface area contributed by atoms with Crippen LogP contribution in [0.1, 0.15) is 13.3 Å². The number of carboxylic acids is 1. The molecule has 1 rings (SSSR count). The van der Waals surface area contributed by atoms with Crippen molar-refractivity contribution >= 4 is 35.2 Å². The molecule has 0 atom stereocenters. The molecule has 0 spiro atoms. The maximum absolute atomic E-state index is 11.8. The van der Waals surface area contributed by atoms with Gasteiger partial charge in [-0.3, -0.25) is 9.59 Å². The molecule has 0 aliphatic heterocycles. The monoisotopic (exact) mass is 301 g/mol. The summed E-state index contributed by atoms with van der Waals surface area (Å²) in [4.78, 5) is 24.7. The Kier molecular flexibility index (Phi) is 6.73. The maximum Gasteiger partial charge on any atom is 0.323 e. The fourth-order valence-corrected chi connectivity index (χ4v) is 2.68. The number of nitrogens with zero attached hydrogens (tertiary/aromatic N) is 1. The highest BCUT2D eigenvalue weighted by Crippen LogP contribution is 2.26. The fourth-order valence-electron chi connectivity index (χ4n) is 1.51. The van der Waals surface area contributed by atoms with E-state index in [9.17, 15) is 9.59 Å². The number of rotatable bonds is 7. The Balaban J connectivity index is 2.42. The second kappa shape index (κ2) is 8.07. The van der Waals surface area contributed by atoms with Gasteiger partial charge in [0.15, 0.2) is 0 Å². The van der Waals surface area contributed by atoms with E-state index in [-0.39, 0.29) is 12.5 Å². The first-order valence-electron chi connectivity index (χ1n) is 5.91. The van der Waals surface area contributed by atoms with Crippen LogP contribution in [0.5, 0.6) is 0 Å². The van der Waals surface area contributed by atoms with Gasteiger partial charge in [0, 0.05) is 23.6 Å². The van der Waals surface area contributed by atoms with Crippen LogP contribution in [-0.2, 0) is 9.59 Å². The van der Waals surface area contributed by atoms with Crippen molar-refractivity contribution in [3.8, 4) is 0 Å². The van der Waals surface area contributed by atoms with Gasteiger partial charge in [0.1, 0.15) is 6.54 Å². The number of carbonyl (C=O) groups excluding carboxylic acids is 1. The Morgan fingerprint density at radius 1 is 1.37 bits per heavy atom. The zero-order valence-electron chi connectivity index (χ0n) is 10.6. The van der Waals surface area contributed by atoms with Crippen molar-refractivity contribution < 1.29 is 14.7 Å². The molecule has 0 radical (unpaired) electrons. The number of hydrogen-bond acceptors (Lipinski definition) is 3. The lowest BCUT2D eigenvalue weighted by Crippen LogP contribution is -2.35. The summed E-state index contributed by atoms with van der Waals surface area (Å²) in [5, 5.41) is 9.35. The molecule has 0 fully saturated rings. The molecule has 104 valence electrons. The predicted molar refractivity (Wildman–Crippen MR) is 76.7 cm³/mol. The lowest BCUT2D eigenvalue weighted by molar-refractivity contribution is -0.144. The van der Waals surface area contributed by atoms with Crippen molar-refractivity contribution in [2.45, 2.75) is 18.2 Å². The number of carboxylic acid groups (broad SMARTS) is 1. The molecule has 0 unspecified atom stereocenters. The minimum absolute atomic E-state index is 0.149. The van der Waals surface area contributed by atoms with Gasteiger partial charge in [-0.15, -0.1) is 11.8 Å². The summed E-state index contributed by atoms with van der Waals surface area (Å²) in [6.45, 7) is 1.93. The summed E-state index contributed by atoms with van der Waals surface area (Å²) in [7, 11) is 0. The quantitative estimate of drug-likeness (QED) is 0.787. The molecule has 1 N–H and O–H groups in total. The van der Waals surface area contributed by atoms with Crippen molar-refractivity contribution in [1.29, 1.82) is 0 Å². The third-order valence-corrected chi connectivity index (χ3v) is 3.99. The van der Waals surface area contributed by atoms with Crippen molar-refractivity contribution in [2.75, 3.05) is 18.8 Å². The van der Waals surface area contributed by atoms with Crippen LogP contribution in [0, 0.1) is 0 Å². The van der Waals surface area contributed by atoms with Crippen LogP contribution in [0.15, 0.2) is 29.2 Å². The highest BCUT2D eigenvalue weighted by atomic mass is 35.5. The third kappa shape index (κ3) is 5.53. The fraction of sp³-hybridized carbons (Fsp3) is 0.385. The third-order valence-electron chi connectivity index (χ3n) is 2.47. The first-order chi connectivity index (χ1) is 9.04. The van der Waals surface area contributed by atoms with Gasteiger partial charge in [0.25, 0.3) is 0 Å². The van der Waals surface area contributed by atoms with E-state index in [1.54, 1.807) is 13.0 Å². The van der Waals surface area contributed by atoms with Crippen LogP contribution in [0.3, 0.4) is 0 Å². The van der Waals surface area contributed by atoms with Gasteiger partial charge in [-0.1, -0.05) is 23.7 Å². The molecule has 0 heterocycles. The summed E-state index contributed by atoms with van der Waals surface area (Å²) in [5.74, 6) is -0.558. The van der Waals surface area contributed by atoms with Gasteiger partial charge in [-0.05, 0) is 19.1 Å². The Labute approximate surface area is 121 Å². The molecular formula is C13H16ClNO3S. The first-order valence-corrected chi connectivity index (χ1v) is 7.27. The Hall–Kier alpha value is -1.20. The average molecular weight is 302 g/mol. The van der Waals surface area contributed by atoms with Crippen molar-refractivity contribution in [3.63, 3.8) is 0 Å². The van der Waals surface area contributed by atoms with Crippen LogP contribution >= 0.6 is 23.4 Å².